The number of pyridine rings is 1. The maximum atomic E-state index is 13.3. The number of aromatic nitrogens is 3. The monoisotopic (exact) mass is 270 g/mol. The van der Waals surface area contributed by atoms with E-state index in [9.17, 15) is 4.39 Å². The second kappa shape index (κ2) is 5.02. The molecule has 3 aromatic rings. The summed E-state index contributed by atoms with van der Waals surface area (Å²) in [5.74, 6) is 0.304. The van der Waals surface area contributed by atoms with E-state index in [4.69, 9.17) is 5.73 Å². The van der Waals surface area contributed by atoms with Gasteiger partial charge in [-0.1, -0.05) is 25.1 Å². The van der Waals surface area contributed by atoms with Crippen molar-refractivity contribution in [3.05, 3.63) is 54.2 Å². The Bertz CT molecular complexity index is 736. The lowest BCUT2D eigenvalue weighted by molar-refractivity contribution is 0.623. The van der Waals surface area contributed by atoms with Crippen LogP contribution in [0.4, 0.5) is 4.39 Å². The van der Waals surface area contributed by atoms with E-state index in [2.05, 4.69) is 9.97 Å². The fourth-order valence-corrected chi connectivity index (χ4v) is 2.22. The van der Waals surface area contributed by atoms with E-state index >= 15 is 0 Å². The van der Waals surface area contributed by atoms with E-state index in [1.54, 1.807) is 0 Å². The van der Waals surface area contributed by atoms with Crippen molar-refractivity contribution < 1.29 is 4.39 Å². The molecule has 1 aromatic carbocycles. The average Bonchev–Trinajstić information content (AvgIpc) is 2.85. The SMILES string of the molecule is CC[C@H](N)c1nc2cc(F)cnc2n1-c1ccccc1. The fourth-order valence-electron chi connectivity index (χ4n) is 2.22. The highest BCUT2D eigenvalue weighted by Gasteiger charge is 2.18. The molecule has 0 aliphatic heterocycles. The van der Waals surface area contributed by atoms with Gasteiger partial charge in [0.15, 0.2) is 5.65 Å². The van der Waals surface area contributed by atoms with Crippen molar-refractivity contribution in [1.82, 2.24) is 14.5 Å². The number of rotatable bonds is 3. The van der Waals surface area contributed by atoms with Crippen LogP contribution in [0.3, 0.4) is 0 Å². The lowest BCUT2D eigenvalue weighted by atomic mass is 10.2. The summed E-state index contributed by atoms with van der Waals surface area (Å²) in [6, 6.07) is 10.9. The Morgan fingerprint density at radius 2 is 2.05 bits per heavy atom. The summed E-state index contributed by atoms with van der Waals surface area (Å²) in [7, 11) is 0. The van der Waals surface area contributed by atoms with Crippen LogP contribution in [0.15, 0.2) is 42.6 Å². The first-order valence-electron chi connectivity index (χ1n) is 6.55. The number of nitrogens with two attached hydrogens (primary N) is 1. The first-order chi connectivity index (χ1) is 9.70. The summed E-state index contributed by atoms with van der Waals surface area (Å²) >= 11 is 0. The molecule has 2 N–H and O–H groups in total. The zero-order valence-corrected chi connectivity index (χ0v) is 11.1. The third-order valence-corrected chi connectivity index (χ3v) is 3.28. The van der Waals surface area contributed by atoms with Crippen LogP contribution in [0.5, 0.6) is 0 Å². The van der Waals surface area contributed by atoms with E-state index in [0.717, 1.165) is 12.1 Å². The summed E-state index contributed by atoms with van der Waals surface area (Å²) in [4.78, 5) is 8.62. The Labute approximate surface area is 116 Å². The van der Waals surface area contributed by atoms with Gasteiger partial charge in [-0.05, 0) is 18.6 Å². The number of hydrogen-bond donors (Lipinski definition) is 1. The van der Waals surface area contributed by atoms with Gasteiger partial charge in [-0.3, -0.25) is 4.57 Å². The summed E-state index contributed by atoms with van der Waals surface area (Å²) in [6.07, 6.45) is 1.95. The van der Waals surface area contributed by atoms with Gasteiger partial charge in [0.25, 0.3) is 0 Å². The molecule has 20 heavy (non-hydrogen) atoms. The number of para-hydroxylation sites is 1. The molecule has 0 fully saturated rings. The smallest absolute Gasteiger partial charge is 0.164 e. The van der Waals surface area contributed by atoms with Gasteiger partial charge < -0.3 is 5.73 Å². The fraction of sp³-hybridized carbons (Fsp3) is 0.200. The molecule has 3 rings (SSSR count). The number of imidazole rings is 1. The van der Waals surface area contributed by atoms with Gasteiger partial charge in [0, 0.05) is 11.8 Å². The molecule has 0 bridgehead atoms. The highest BCUT2D eigenvalue weighted by atomic mass is 19.1. The van der Waals surface area contributed by atoms with Crippen molar-refractivity contribution in [2.75, 3.05) is 0 Å². The van der Waals surface area contributed by atoms with Crippen molar-refractivity contribution in [1.29, 1.82) is 0 Å². The van der Waals surface area contributed by atoms with Crippen molar-refractivity contribution >= 4 is 11.2 Å². The molecular weight excluding hydrogens is 255 g/mol. The minimum absolute atomic E-state index is 0.215. The third-order valence-electron chi connectivity index (χ3n) is 3.28. The Morgan fingerprint density at radius 1 is 1.30 bits per heavy atom. The minimum atomic E-state index is -0.396. The molecule has 0 aliphatic rings. The van der Waals surface area contributed by atoms with Crippen molar-refractivity contribution in [3.63, 3.8) is 0 Å². The lowest BCUT2D eigenvalue weighted by Gasteiger charge is -2.12. The van der Waals surface area contributed by atoms with Gasteiger partial charge in [0.2, 0.25) is 0 Å². The van der Waals surface area contributed by atoms with E-state index in [1.807, 2.05) is 41.8 Å². The molecule has 2 aromatic heterocycles. The highest BCUT2D eigenvalue weighted by molar-refractivity contribution is 5.74. The second-order valence-corrected chi connectivity index (χ2v) is 4.65. The maximum Gasteiger partial charge on any atom is 0.164 e. The first-order valence-corrected chi connectivity index (χ1v) is 6.55. The predicted molar refractivity (Wildman–Crippen MR) is 76.0 cm³/mol. The molecule has 4 nitrogen and oxygen atoms in total. The molecule has 2 heterocycles. The molecule has 0 amide bonds. The van der Waals surface area contributed by atoms with Crippen LogP contribution in [-0.4, -0.2) is 14.5 Å². The number of benzene rings is 1. The summed E-state index contributed by atoms with van der Waals surface area (Å²) in [5.41, 5.74) is 8.20. The predicted octanol–water partition coefficient (Wildman–Crippen LogP) is 2.97. The third kappa shape index (κ3) is 2.06. The molecule has 0 unspecified atom stereocenters. The molecule has 5 heteroatoms. The van der Waals surface area contributed by atoms with E-state index in [-0.39, 0.29) is 6.04 Å². The van der Waals surface area contributed by atoms with Crippen LogP contribution in [0.25, 0.3) is 16.9 Å². The molecule has 1 atom stereocenters. The van der Waals surface area contributed by atoms with Crippen LogP contribution in [-0.2, 0) is 0 Å². The summed E-state index contributed by atoms with van der Waals surface area (Å²) in [5, 5.41) is 0. The van der Waals surface area contributed by atoms with E-state index in [1.165, 1.54) is 12.3 Å². The first kappa shape index (κ1) is 12.7. The van der Waals surface area contributed by atoms with Gasteiger partial charge in [-0.2, -0.15) is 0 Å². The van der Waals surface area contributed by atoms with Crippen molar-refractivity contribution in [2.24, 2.45) is 5.73 Å². The number of fused-ring (bicyclic) bond motifs is 1. The summed E-state index contributed by atoms with van der Waals surface area (Å²) in [6.45, 7) is 1.99. The Balaban J connectivity index is 2.31. The zero-order valence-electron chi connectivity index (χ0n) is 11.1. The summed E-state index contributed by atoms with van der Waals surface area (Å²) < 4.78 is 15.2. The zero-order chi connectivity index (χ0) is 14.1. The Kier molecular flexibility index (Phi) is 3.20. The average molecular weight is 270 g/mol. The standard InChI is InChI=1S/C15H15FN4/c1-2-12(17)14-19-13-8-10(16)9-18-15(13)20(14)11-6-4-3-5-7-11/h3-9,12H,2,17H2,1H3/t12-/m0/s1. The second-order valence-electron chi connectivity index (χ2n) is 4.65. The normalized spacial score (nSPS) is 12.8. The number of nitrogens with zero attached hydrogens (tertiary/aromatic N) is 3. The molecule has 102 valence electrons. The Hall–Kier alpha value is -2.27. The molecule has 0 saturated carbocycles. The largest absolute Gasteiger partial charge is 0.321 e. The van der Waals surface area contributed by atoms with Crippen LogP contribution >= 0.6 is 0 Å². The van der Waals surface area contributed by atoms with Gasteiger partial charge in [-0.15, -0.1) is 0 Å². The molecular formula is C15H15FN4. The van der Waals surface area contributed by atoms with Gasteiger partial charge in [-0.25, -0.2) is 14.4 Å². The van der Waals surface area contributed by atoms with E-state index < -0.39 is 5.82 Å². The lowest BCUT2D eigenvalue weighted by Crippen LogP contribution is -2.15. The maximum absolute atomic E-state index is 13.3. The van der Waals surface area contributed by atoms with Crippen LogP contribution in [0.2, 0.25) is 0 Å². The van der Waals surface area contributed by atoms with Crippen LogP contribution < -0.4 is 5.73 Å². The molecule has 0 spiro atoms. The highest BCUT2D eigenvalue weighted by Crippen LogP contribution is 2.24. The molecule has 0 radical (unpaired) electrons. The number of hydrogen-bond acceptors (Lipinski definition) is 3. The van der Waals surface area contributed by atoms with Crippen LogP contribution in [0, 0.1) is 5.82 Å². The van der Waals surface area contributed by atoms with Crippen molar-refractivity contribution in [3.8, 4) is 5.69 Å². The Morgan fingerprint density at radius 3 is 2.75 bits per heavy atom. The quantitative estimate of drug-likeness (QED) is 0.796. The molecule has 0 aliphatic carbocycles. The number of halogens is 1. The topological polar surface area (TPSA) is 56.7 Å². The van der Waals surface area contributed by atoms with E-state index in [0.29, 0.717) is 17.0 Å². The van der Waals surface area contributed by atoms with Crippen molar-refractivity contribution in [2.45, 2.75) is 19.4 Å². The van der Waals surface area contributed by atoms with Gasteiger partial charge in [0.05, 0.1) is 12.2 Å². The van der Waals surface area contributed by atoms with Crippen LogP contribution in [0.1, 0.15) is 25.2 Å². The van der Waals surface area contributed by atoms with Gasteiger partial charge >= 0.3 is 0 Å². The van der Waals surface area contributed by atoms with Gasteiger partial charge in [0.1, 0.15) is 17.2 Å². The molecule has 0 saturated heterocycles. The minimum Gasteiger partial charge on any atom is -0.321 e.